The van der Waals surface area contributed by atoms with Gasteiger partial charge in [-0.05, 0) is 74.1 Å². The van der Waals surface area contributed by atoms with Crippen molar-refractivity contribution in [1.29, 1.82) is 0 Å². The maximum absolute atomic E-state index is 13.7. The van der Waals surface area contributed by atoms with Gasteiger partial charge in [0.15, 0.2) is 0 Å². The van der Waals surface area contributed by atoms with E-state index in [0.29, 0.717) is 30.8 Å². The number of hydrogen-bond donors (Lipinski definition) is 0. The van der Waals surface area contributed by atoms with Crippen LogP contribution in [0.1, 0.15) is 64.6 Å². The summed E-state index contributed by atoms with van der Waals surface area (Å²) in [6, 6.07) is 17.3. The molecule has 0 saturated heterocycles. The van der Waals surface area contributed by atoms with Gasteiger partial charge in [-0.1, -0.05) is 42.0 Å². The molecule has 1 aliphatic rings. The summed E-state index contributed by atoms with van der Waals surface area (Å²) in [6.07, 6.45) is -2.62. The average Bonchev–Trinajstić information content (AvgIpc) is 3.33. The van der Waals surface area contributed by atoms with Gasteiger partial charge in [-0.25, -0.2) is 9.78 Å². The Morgan fingerprint density at radius 3 is 2.46 bits per heavy atom. The van der Waals surface area contributed by atoms with Crippen LogP contribution in [0.5, 0.6) is 5.75 Å². The molecule has 4 nitrogen and oxygen atoms in total. The van der Waals surface area contributed by atoms with E-state index in [1.807, 2.05) is 55.5 Å². The van der Waals surface area contributed by atoms with Crippen molar-refractivity contribution < 1.29 is 27.4 Å². The number of carbonyl (C=O) groups is 1. The van der Waals surface area contributed by atoms with Gasteiger partial charge in [0.05, 0.1) is 17.9 Å². The molecule has 1 heterocycles. The highest BCUT2D eigenvalue weighted by atomic mass is 19.4. The van der Waals surface area contributed by atoms with Crippen LogP contribution >= 0.6 is 0 Å². The van der Waals surface area contributed by atoms with Crippen LogP contribution in [0, 0.1) is 6.92 Å². The van der Waals surface area contributed by atoms with E-state index in [9.17, 15) is 18.0 Å². The fourth-order valence-corrected chi connectivity index (χ4v) is 4.22. The van der Waals surface area contributed by atoms with Crippen LogP contribution in [0.4, 0.5) is 13.2 Å². The SMILES string of the molecule is CCOC(=O)c1cc(C(F)(F)F)cc(C2=C(c3cc(C)ccc3OCc3ccccc3)CCC2)n1. The van der Waals surface area contributed by atoms with Crippen molar-refractivity contribution in [2.45, 2.75) is 45.9 Å². The van der Waals surface area contributed by atoms with E-state index >= 15 is 0 Å². The lowest BCUT2D eigenvalue weighted by Gasteiger charge is -2.16. The quantitative estimate of drug-likeness (QED) is 0.333. The Hall–Kier alpha value is -3.61. The van der Waals surface area contributed by atoms with E-state index in [1.165, 1.54) is 0 Å². The third-order valence-electron chi connectivity index (χ3n) is 5.86. The van der Waals surface area contributed by atoms with Gasteiger partial charge in [-0.15, -0.1) is 0 Å². The second-order valence-electron chi connectivity index (χ2n) is 8.43. The predicted molar refractivity (Wildman–Crippen MR) is 128 cm³/mol. The minimum atomic E-state index is -4.62. The lowest BCUT2D eigenvalue weighted by atomic mass is 9.96. The van der Waals surface area contributed by atoms with Gasteiger partial charge in [0.2, 0.25) is 0 Å². The van der Waals surface area contributed by atoms with E-state index in [4.69, 9.17) is 9.47 Å². The fourth-order valence-electron chi connectivity index (χ4n) is 4.22. The number of ether oxygens (including phenoxy) is 2. The number of rotatable bonds is 7. The number of halogens is 3. The Labute approximate surface area is 202 Å². The highest BCUT2D eigenvalue weighted by Crippen LogP contribution is 2.44. The topological polar surface area (TPSA) is 48.4 Å². The molecule has 3 aromatic rings. The van der Waals surface area contributed by atoms with Crippen LogP contribution in [0.25, 0.3) is 11.1 Å². The summed E-state index contributed by atoms with van der Waals surface area (Å²) in [7, 11) is 0. The molecular weight excluding hydrogens is 455 g/mol. The van der Waals surface area contributed by atoms with Crippen LogP contribution in [0.2, 0.25) is 0 Å². The van der Waals surface area contributed by atoms with Crippen molar-refractivity contribution in [2.75, 3.05) is 6.61 Å². The van der Waals surface area contributed by atoms with Crippen molar-refractivity contribution in [1.82, 2.24) is 4.98 Å². The Kier molecular flexibility index (Phi) is 7.24. The van der Waals surface area contributed by atoms with E-state index in [1.54, 1.807) is 6.92 Å². The van der Waals surface area contributed by atoms with Crippen LogP contribution < -0.4 is 4.74 Å². The van der Waals surface area contributed by atoms with Crippen molar-refractivity contribution in [3.63, 3.8) is 0 Å². The van der Waals surface area contributed by atoms with E-state index in [2.05, 4.69) is 4.98 Å². The van der Waals surface area contributed by atoms with Crippen molar-refractivity contribution >= 4 is 17.1 Å². The van der Waals surface area contributed by atoms with Crippen LogP contribution in [0.3, 0.4) is 0 Å². The third-order valence-corrected chi connectivity index (χ3v) is 5.86. The first-order chi connectivity index (χ1) is 16.8. The normalized spacial score (nSPS) is 13.7. The van der Waals surface area contributed by atoms with Gasteiger partial charge >= 0.3 is 12.1 Å². The van der Waals surface area contributed by atoms with Crippen LogP contribution in [0.15, 0.2) is 60.7 Å². The number of hydrogen-bond acceptors (Lipinski definition) is 4. The van der Waals surface area contributed by atoms with E-state index in [0.717, 1.165) is 40.8 Å². The molecule has 0 bridgehead atoms. The van der Waals surface area contributed by atoms with Crippen molar-refractivity contribution in [3.05, 3.63) is 94.3 Å². The Morgan fingerprint density at radius 1 is 1.00 bits per heavy atom. The predicted octanol–water partition coefficient (Wildman–Crippen LogP) is 7.26. The number of allylic oxidation sites excluding steroid dienone is 2. The number of aromatic nitrogens is 1. The molecule has 0 fully saturated rings. The molecule has 0 saturated carbocycles. The standard InChI is InChI=1S/C28H26F3NO3/c1-3-34-27(33)25-16-20(28(29,30)31)15-24(32-25)22-11-7-10-21(22)23-14-18(2)12-13-26(23)35-17-19-8-5-4-6-9-19/h4-6,8-9,12-16H,3,7,10-11,17H2,1-2H3. The molecular formula is C28H26F3NO3. The fraction of sp³-hybridized carbons (Fsp3) is 0.286. The van der Waals surface area contributed by atoms with Crippen LogP contribution in [-0.2, 0) is 17.5 Å². The molecule has 2 aromatic carbocycles. The van der Waals surface area contributed by atoms with Gasteiger partial charge < -0.3 is 9.47 Å². The van der Waals surface area contributed by atoms with E-state index in [-0.39, 0.29) is 18.0 Å². The molecule has 182 valence electrons. The number of benzene rings is 2. The second kappa shape index (κ2) is 10.3. The summed E-state index contributed by atoms with van der Waals surface area (Å²) in [5.74, 6) is -0.214. The molecule has 0 N–H and O–H groups in total. The first-order valence-electron chi connectivity index (χ1n) is 11.5. The summed E-state index contributed by atoms with van der Waals surface area (Å²) < 4.78 is 52.1. The second-order valence-corrected chi connectivity index (χ2v) is 8.43. The summed E-state index contributed by atoms with van der Waals surface area (Å²) in [6.45, 7) is 3.97. The zero-order chi connectivity index (χ0) is 25.0. The minimum absolute atomic E-state index is 0.0471. The molecule has 1 aliphatic carbocycles. The molecule has 0 spiro atoms. The molecule has 0 amide bonds. The molecule has 35 heavy (non-hydrogen) atoms. The Morgan fingerprint density at radius 2 is 1.74 bits per heavy atom. The molecule has 0 unspecified atom stereocenters. The number of pyridine rings is 1. The summed E-state index contributed by atoms with van der Waals surface area (Å²) in [5, 5.41) is 0. The first kappa shape index (κ1) is 24.5. The molecule has 0 atom stereocenters. The maximum Gasteiger partial charge on any atom is 0.416 e. The highest BCUT2D eigenvalue weighted by molar-refractivity contribution is 5.95. The Balaban J connectivity index is 1.79. The summed E-state index contributed by atoms with van der Waals surface area (Å²) in [4.78, 5) is 16.6. The Bertz CT molecular complexity index is 1250. The van der Waals surface area contributed by atoms with Gasteiger partial charge in [-0.3, -0.25) is 0 Å². The summed E-state index contributed by atoms with van der Waals surface area (Å²) >= 11 is 0. The number of alkyl halides is 3. The van der Waals surface area contributed by atoms with Crippen molar-refractivity contribution in [2.24, 2.45) is 0 Å². The molecule has 4 rings (SSSR count). The number of esters is 1. The summed E-state index contributed by atoms with van der Waals surface area (Å²) in [5.41, 5.74) is 3.31. The lowest BCUT2D eigenvalue weighted by Crippen LogP contribution is -2.13. The number of aryl methyl sites for hydroxylation is 1. The average molecular weight is 482 g/mol. The molecule has 1 aromatic heterocycles. The lowest BCUT2D eigenvalue weighted by molar-refractivity contribution is -0.137. The van der Waals surface area contributed by atoms with Gasteiger partial charge in [-0.2, -0.15) is 13.2 Å². The maximum atomic E-state index is 13.7. The number of nitrogens with zero attached hydrogens (tertiary/aromatic N) is 1. The third kappa shape index (κ3) is 5.73. The largest absolute Gasteiger partial charge is 0.488 e. The molecule has 7 heteroatoms. The zero-order valence-electron chi connectivity index (χ0n) is 19.6. The smallest absolute Gasteiger partial charge is 0.416 e. The highest BCUT2D eigenvalue weighted by Gasteiger charge is 2.33. The molecule has 0 radical (unpaired) electrons. The molecule has 0 aliphatic heterocycles. The van der Waals surface area contributed by atoms with Crippen LogP contribution in [-0.4, -0.2) is 17.6 Å². The van der Waals surface area contributed by atoms with Gasteiger partial charge in [0.1, 0.15) is 18.1 Å². The van der Waals surface area contributed by atoms with Crippen molar-refractivity contribution in [3.8, 4) is 5.75 Å². The first-order valence-corrected chi connectivity index (χ1v) is 11.5. The van der Waals surface area contributed by atoms with E-state index < -0.39 is 17.7 Å². The van der Waals surface area contributed by atoms with Gasteiger partial charge in [0.25, 0.3) is 0 Å². The monoisotopic (exact) mass is 481 g/mol. The zero-order valence-corrected chi connectivity index (χ0v) is 19.6. The van der Waals surface area contributed by atoms with Gasteiger partial charge in [0, 0.05) is 5.56 Å². The minimum Gasteiger partial charge on any atom is -0.488 e. The number of carbonyl (C=O) groups excluding carboxylic acids is 1.